The molecule has 0 bridgehead atoms. The molecule has 0 spiro atoms. The van der Waals surface area contributed by atoms with Crippen molar-refractivity contribution in [2.75, 3.05) is 0 Å². The maximum absolute atomic E-state index is 12.8. The number of hydrogen-bond donors (Lipinski definition) is 0. The van der Waals surface area contributed by atoms with Crippen molar-refractivity contribution < 1.29 is 18.0 Å². The van der Waals surface area contributed by atoms with Crippen molar-refractivity contribution in [3.63, 3.8) is 0 Å². The minimum absolute atomic E-state index is 0.0969. The molecule has 0 radical (unpaired) electrons. The summed E-state index contributed by atoms with van der Waals surface area (Å²) in [6, 6.07) is 10.4. The fourth-order valence-corrected chi connectivity index (χ4v) is 2.62. The van der Waals surface area contributed by atoms with Gasteiger partial charge in [-0.1, -0.05) is 29.8 Å². The summed E-state index contributed by atoms with van der Waals surface area (Å²) in [5.41, 5.74) is -0.155. The van der Waals surface area contributed by atoms with Gasteiger partial charge < -0.3 is 0 Å². The number of ketones is 1. The van der Waals surface area contributed by atoms with E-state index in [1.165, 1.54) is 12.1 Å². The zero-order chi connectivity index (χ0) is 15.6. The SMILES string of the molecule is O=C(Cc1ccc(Cl)c(C(F)(F)F)c1)c1cccc(I)c1. The predicted molar refractivity (Wildman–Crippen MR) is 83.6 cm³/mol. The Labute approximate surface area is 138 Å². The molecular formula is C15H9ClF3IO. The molecule has 0 atom stereocenters. The van der Waals surface area contributed by atoms with Crippen molar-refractivity contribution in [2.45, 2.75) is 12.6 Å². The van der Waals surface area contributed by atoms with Crippen molar-refractivity contribution in [2.24, 2.45) is 0 Å². The fourth-order valence-electron chi connectivity index (χ4n) is 1.85. The lowest BCUT2D eigenvalue weighted by Crippen LogP contribution is -2.09. The van der Waals surface area contributed by atoms with Crippen LogP contribution in [0.3, 0.4) is 0 Å². The second-order valence-electron chi connectivity index (χ2n) is 4.42. The first-order chi connectivity index (χ1) is 9.77. The average molecular weight is 425 g/mol. The van der Waals surface area contributed by atoms with E-state index in [9.17, 15) is 18.0 Å². The van der Waals surface area contributed by atoms with E-state index >= 15 is 0 Å². The first-order valence-electron chi connectivity index (χ1n) is 5.92. The van der Waals surface area contributed by atoms with Gasteiger partial charge in [0.2, 0.25) is 0 Å². The number of carbonyl (C=O) groups excluding carboxylic acids is 1. The van der Waals surface area contributed by atoms with Crippen LogP contribution in [-0.4, -0.2) is 5.78 Å². The summed E-state index contributed by atoms with van der Waals surface area (Å²) in [6.45, 7) is 0. The molecule has 0 amide bonds. The molecule has 0 fully saturated rings. The van der Waals surface area contributed by atoms with E-state index in [1.54, 1.807) is 18.2 Å². The van der Waals surface area contributed by atoms with Gasteiger partial charge in [0.25, 0.3) is 0 Å². The van der Waals surface area contributed by atoms with E-state index < -0.39 is 11.7 Å². The van der Waals surface area contributed by atoms with Crippen LogP contribution in [-0.2, 0) is 12.6 Å². The Morgan fingerprint density at radius 2 is 1.86 bits per heavy atom. The van der Waals surface area contributed by atoms with E-state index in [4.69, 9.17) is 11.6 Å². The van der Waals surface area contributed by atoms with Gasteiger partial charge in [0.1, 0.15) is 0 Å². The van der Waals surface area contributed by atoms with Gasteiger partial charge in [-0.15, -0.1) is 0 Å². The molecule has 0 aliphatic heterocycles. The number of rotatable bonds is 3. The molecule has 0 aliphatic carbocycles. The van der Waals surface area contributed by atoms with Crippen LogP contribution in [0.25, 0.3) is 0 Å². The van der Waals surface area contributed by atoms with E-state index in [-0.39, 0.29) is 22.8 Å². The average Bonchev–Trinajstić information content (AvgIpc) is 2.39. The lowest BCUT2D eigenvalue weighted by atomic mass is 10.0. The van der Waals surface area contributed by atoms with Gasteiger partial charge in [-0.3, -0.25) is 4.79 Å². The van der Waals surface area contributed by atoms with Gasteiger partial charge >= 0.3 is 6.18 Å². The van der Waals surface area contributed by atoms with Gasteiger partial charge in [-0.05, 0) is 52.4 Å². The number of halogens is 5. The molecule has 0 N–H and O–H groups in total. The van der Waals surface area contributed by atoms with Crippen molar-refractivity contribution in [3.05, 3.63) is 67.7 Å². The summed E-state index contributed by atoms with van der Waals surface area (Å²) in [5, 5.41) is -0.368. The maximum atomic E-state index is 12.8. The molecule has 0 aliphatic rings. The summed E-state index contributed by atoms with van der Waals surface area (Å²) in [4.78, 5) is 12.1. The molecule has 0 heterocycles. The standard InChI is InChI=1S/C15H9ClF3IO/c16-13-5-4-9(6-12(13)15(17,18)19)7-14(21)10-2-1-3-11(20)8-10/h1-6,8H,7H2. The smallest absolute Gasteiger partial charge is 0.294 e. The Morgan fingerprint density at radius 3 is 2.48 bits per heavy atom. The van der Waals surface area contributed by atoms with Crippen LogP contribution in [0, 0.1) is 3.57 Å². The number of benzene rings is 2. The minimum Gasteiger partial charge on any atom is -0.294 e. The highest BCUT2D eigenvalue weighted by Gasteiger charge is 2.33. The Bertz CT molecular complexity index is 683. The molecule has 2 aromatic carbocycles. The first kappa shape index (κ1) is 16.3. The monoisotopic (exact) mass is 424 g/mol. The van der Waals surface area contributed by atoms with Gasteiger partial charge in [0, 0.05) is 15.6 Å². The van der Waals surface area contributed by atoms with E-state index in [0.717, 1.165) is 9.64 Å². The Kier molecular flexibility index (Phi) is 4.93. The molecule has 0 aromatic heterocycles. The van der Waals surface area contributed by atoms with Gasteiger partial charge in [0.05, 0.1) is 10.6 Å². The highest BCUT2D eigenvalue weighted by atomic mass is 127. The first-order valence-corrected chi connectivity index (χ1v) is 7.37. The van der Waals surface area contributed by atoms with E-state index in [2.05, 4.69) is 22.6 Å². The van der Waals surface area contributed by atoms with Crippen molar-refractivity contribution in [3.8, 4) is 0 Å². The highest BCUT2D eigenvalue weighted by Crippen LogP contribution is 2.35. The third-order valence-electron chi connectivity index (χ3n) is 2.85. The molecule has 21 heavy (non-hydrogen) atoms. The summed E-state index contributed by atoms with van der Waals surface area (Å²) in [7, 11) is 0. The summed E-state index contributed by atoms with van der Waals surface area (Å²) in [6.07, 6.45) is -4.63. The zero-order valence-electron chi connectivity index (χ0n) is 10.5. The van der Waals surface area contributed by atoms with Crippen LogP contribution in [0.4, 0.5) is 13.2 Å². The van der Waals surface area contributed by atoms with Gasteiger partial charge in [-0.2, -0.15) is 13.2 Å². The van der Waals surface area contributed by atoms with Crippen LogP contribution >= 0.6 is 34.2 Å². The lowest BCUT2D eigenvalue weighted by molar-refractivity contribution is -0.137. The van der Waals surface area contributed by atoms with Gasteiger partial charge in [-0.25, -0.2) is 0 Å². The Balaban J connectivity index is 2.26. The number of alkyl halides is 3. The van der Waals surface area contributed by atoms with Crippen molar-refractivity contribution in [1.29, 1.82) is 0 Å². The maximum Gasteiger partial charge on any atom is 0.417 e. The largest absolute Gasteiger partial charge is 0.417 e. The molecule has 0 saturated heterocycles. The fraction of sp³-hybridized carbons (Fsp3) is 0.133. The van der Waals surface area contributed by atoms with Crippen LogP contribution < -0.4 is 0 Å². The molecule has 6 heteroatoms. The molecule has 2 aromatic rings. The van der Waals surface area contributed by atoms with Crippen molar-refractivity contribution >= 4 is 40.0 Å². The molecular weight excluding hydrogens is 416 g/mol. The summed E-state index contributed by atoms with van der Waals surface area (Å²) in [5.74, 6) is -0.232. The topological polar surface area (TPSA) is 17.1 Å². The Hall–Kier alpha value is -1.08. The molecule has 1 nitrogen and oxygen atoms in total. The quantitative estimate of drug-likeness (QED) is 0.477. The van der Waals surface area contributed by atoms with E-state index in [0.29, 0.717) is 5.56 Å². The third kappa shape index (κ3) is 4.20. The molecule has 2 rings (SSSR count). The second kappa shape index (κ2) is 6.36. The minimum atomic E-state index is -4.53. The van der Waals surface area contributed by atoms with Gasteiger partial charge in [0.15, 0.2) is 5.78 Å². The summed E-state index contributed by atoms with van der Waals surface area (Å²) < 4.78 is 39.2. The normalized spacial score (nSPS) is 11.5. The summed E-state index contributed by atoms with van der Waals surface area (Å²) >= 11 is 7.62. The van der Waals surface area contributed by atoms with Crippen LogP contribution in [0.2, 0.25) is 5.02 Å². The number of hydrogen-bond acceptors (Lipinski definition) is 1. The third-order valence-corrected chi connectivity index (χ3v) is 3.85. The van der Waals surface area contributed by atoms with Crippen LogP contribution in [0.1, 0.15) is 21.5 Å². The van der Waals surface area contributed by atoms with Crippen LogP contribution in [0.5, 0.6) is 0 Å². The van der Waals surface area contributed by atoms with Crippen molar-refractivity contribution in [1.82, 2.24) is 0 Å². The number of carbonyl (C=O) groups is 1. The van der Waals surface area contributed by atoms with E-state index in [1.807, 2.05) is 6.07 Å². The highest BCUT2D eigenvalue weighted by molar-refractivity contribution is 14.1. The number of Topliss-reactive ketones (excluding diaryl/α,β-unsaturated/α-hetero) is 1. The van der Waals surface area contributed by atoms with Crippen LogP contribution in [0.15, 0.2) is 42.5 Å². The molecule has 110 valence electrons. The molecule has 0 unspecified atom stereocenters. The predicted octanol–water partition coefficient (Wildman–Crippen LogP) is 5.39. The lowest BCUT2D eigenvalue weighted by Gasteiger charge is -2.10. The zero-order valence-corrected chi connectivity index (χ0v) is 13.5. The Morgan fingerprint density at radius 1 is 1.14 bits per heavy atom. The molecule has 0 saturated carbocycles. The second-order valence-corrected chi connectivity index (χ2v) is 6.08.